The standard InChI is InChI=1S/C16H21N3OS/c1-9-14(11(3)20)10(2)17-15(9)13-8-21-16(19-13)18-12-6-4-5-7-12/h8,12,17H,4-7H2,1-3H3,(H,18,19). The molecule has 0 aliphatic heterocycles. The molecular weight excluding hydrogens is 282 g/mol. The average Bonchev–Trinajstić information content (AvgIpc) is 3.11. The van der Waals surface area contributed by atoms with Gasteiger partial charge in [-0.1, -0.05) is 12.8 Å². The van der Waals surface area contributed by atoms with Gasteiger partial charge in [0.1, 0.15) is 5.69 Å². The van der Waals surface area contributed by atoms with Crippen molar-refractivity contribution in [2.75, 3.05) is 5.32 Å². The van der Waals surface area contributed by atoms with Gasteiger partial charge in [-0.3, -0.25) is 4.79 Å². The topological polar surface area (TPSA) is 57.8 Å². The highest BCUT2D eigenvalue weighted by Crippen LogP contribution is 2.31. The largest absolute Gasteiger partial charge is 0.359 e. The van der Waals surface area contributed by atoms with Gasteiger partial charge in [-0.2, -0.15) is 0 Å². The van der Waals surface area contributed by atoms with Crippen molar-refractivity contribution >= 4 is 22.3 Å². The van der Waals surface area contributed by atoms with E-state index in [1.807, 2.05) is 13.8 Å². The Bertz CT molecular complexity index is 665. The summed E-state index contributed by atoms with van der Waals surface area (Å²) in [5, 5.41) is 6.56. The maximum absolute atomic E-state index is 11.7. The van der Waals surface area contributed by atoms with E-state index in [0.717, 1.165) is 33.3 Å². The van der Waals surface area contributed by atoms with Crippen molar-refractivity contribution in [3.63, 3.8) is 0 Å². The zero-order valence-corrected chi connectivity index (χ0v) is 13.6. The van der Waals surface area contributed by atoms with E-state index in [1.165, 1.54) is 25.7 Å². The van der Waals surface area contributed by atoms with E-state index >= 15 is 0 Å². The van der Waals surface area contributed by atoms with Crippen molar-refractivity contribution in [1.29, 1.82) is 0 Å². The molecule has 4 nitrogen and oxygen atoms in total. The summed E-state index contributed by atoms with van der Waals surface area (Å²) in [6.07, 6.45) is 5.10. The minimum atomic E-state index is 0.104. The minimum absolute atomic E-state index is 0.104. The monoisotopic (exact) mass is 303 g/mol. The molecule has 3 rings (SSSR count). The fraction of sp³-hybridized carbons (Fsp3) is 0.500. The maximum atomic E-state index is 11.7. The second kappa shape index (κ2) is 5.64. The molecule has 112 valence electrons. The first-order valence-electron chi connectivity index (χ1n) is 7.49. The number of aryl methyl sites for hydroxylation is 1. The molecule has 0 unspecified atom stereocenters. The number of nitrogens with zero attached hydrogens (tertiary/aromatic N) is 1. The van der Waals surface area contributed by atoms with Gasteiger partial charge in [-0.15, -0.1) is 11.3 Å². The highest BCUT2D eigenvalue weighted by molar-refractivity contribution is 7.14. The Morgan fingerprint density at radius 1 is 1.38 bits per heavy atom. The molecule has 1 aliphatic rings. The lowest BCUT2D eigenvalue weighted by molar-refractivity contribution is 0.101. The van der Waals surface area contributed by atoms with Crippen molar-refractivity contribution in [1.82, 2.24) is 9.97 Å². The summed E-state index contributed by atoms with van der Waals surface area (Å²) in [5.41, 5.74) is 4.61. The number of aromatic amines is 1. The Hall–Kier alpha value is -1.62. The highest BCUT2D eigenvalue weighted by atomic mass is 32.1. The van der Waals surface area contributed by atoms with Gasteiger partial charge in [0.2, 0.25) is 0 Å². The molecule has 2 aromatic rings. The van der Waals surface area contributed by atoms with E-state index < -0.39 is 0 Å². The van der Waals surface area contributed by atoms with Crippen LogP contribution in [0.4, 0.5) is 5.13 Å². The maximum Gasteiger partial charge on any atom is 0.183 e. The third kappa shape index (κ3) is 2.75. The van der Waals surface area contributed by atoms with Gasteiger partial charge in [-0.05, 0) is 39.2 Å². The summed E-state index contributed by atoms with van der Waals surface area (Å²) >= 11 is 1.64. The van der Waals surface area contributed by atoms with Crippen LogP contribution in [-0.2, 0) is 0 Å². The number of ketones is 1. The number of H-pyrrole nitrogens is 1. The first kappa shape index (κ1) is 14.3. The van der Waals surface area contributed by atoms with Crippen LogP contribution < -0.4 is 5.32 Å². The zero-order valence-electron chi connectivity index (χ0n) is 12.7. The molecular formula is C16H21N3OS. The minimum Gasteiger partial charge on any atom is -0.359 e. The summed E-state index contributed by atoms with van der Waals surface area (Å²) in [6, 6.07) is 0.572. The second-order valence-electron chi connectivity index (χ2n) is 5.84. The molecule has 0 aromatic carbocycles. The summed E-state index contributed by atoms with van der Waals surface area (Å²) in [7, 11) is 0. The molecule has 5 heteroatoms. The number of carbonyl (C=O) groups excluding carboxylic acids is 1. The quantitative estimate of drug-likeness (QED) is 0.827. The number of Topliss-reactive ketones (excluding diaryl/α,β-unsaturated/α-hetero) is 1. The molecule has 2 heterocycles. The Balaban J connectivity index is 1.86. The lowest BCUT2D eigenvalue weighted by Gasteiger charge is -2.09. The average molecular weight is 303 g/mol. The van der Waals surface area contributed by atoms with Gasteiger partial charge in [0.05, 0.1) is 5.69 Å². The van der Waals surface area contributed by atoms with Crippen molar-refractivity contribution < 1.29 is 4.79 Å². The molecule has 0 radical (unpaired) electrons. The predicted molar refractivity (Wildman–Crippen MR) is 87.3 cm³/mol. The SMILES string of the molecule is CC(=O)c1c(C)[nH]c(-c2csc(NC3CCCC3)n2)c1C. The molecule has 0 bridgehead atoms. The number of nitrogens with one attached hydrogen (secondary N) is 2. The number of anilines is 1. The number of rotatable bonds is 4. The number of hydrogen-bond acceptors (Lipinski definition) is 4. The fourth-order valence-electron chi connectivity index (χ4n) is 3.23. The van der Waals surface area contributed by atoms with Crippen LogP contribution in [0.2, 0.25) is 0 Å². The third-order valence-corrected chi connectivity index (χ3v) is 5.01. The van der Waals surface area contributed by atoms with Crippen LogP contribution in [0.3, 0.4) is 0 Å². The van der Waals surface area contributed by atoms with Crippen LogP contribution in [-0.4, -0.2) is 21.8 Å². The van der Waals surface area contributed by atoms with Gasteiger partial charge < -0.3 is 10.3 Å². The zero-order chi connectivity index (χ0) is 15.0. The molecule has 1 fully saturated rings. The van der Waals surface area contributed by atoms with Crippen molar-refractivity contribution in [3.05, 3.63) is 22.2 Å². The molecule has 0 spiro atoms. The number of carbonyl (C=O) groups is 1. The molecule has 21 heavy (non-hydrogen) atoms. The smallest absolute Gasteiger partial charge is 0.183 e. The van der Waals surface area contributed by atoms with Gasteiger partial charge >= 0.3 is 0 Å². The summed E-state index contributed by atoms with van der Waals surface area (Å²) < 4.78 is 0. The molecule has 2 aromatic heterocycles. The summed E-state index contributed by atoms with van der Waals surface area (Å²) in [4.78, 5) is 19.7. The normalized spacial score (nSPS) is 15.6. The molecule has 1 saturated carbocycles. The van der Waals surface area contributed by atoms with E-state index in [1.54, 1.807) is 18.3 Å². The molecule has 0 amide bonds. The van der Waals surface area contributed by atoms with E-state index in [4.69, 9.17) is 0 Å². The van der Waals surface area contributed by atoms with Crippen LogP contribution in [0.5, 0.6) is 0 Å². The summed E-state index contributed by atoms with van der Waals surface area (Å²) in [6.45, 7) is 5.54. The van der Waals surface area contributed by atoms with E-state index in [2.05, 4.69) is 20.7 Å². The third-order valence-electron chi connectivity index (χ3n) is 4.23. The first-order valence-corrected chi connectivity index (χ1v) is 8.36. The lowest BCUT2D eigenvalue weighted by Crippen LogP contribution is -2.14. The van der Waals surface area contributed by atoms with E-state index in [9.17, 15) is 4.79 Å². The van der Waals surface area contributed by atoms with Gasteiger partial charge in [0.15, 0.2) is 10.9 Å². The molecule has 1 aliphatic carbocycles. The second-order valence-corrected chi connectivity index (χ2v) is 6.70. The Morgan fingerprint density at radius 2 is 2.10 bits per heavy atom. The van der Waals surface area contributed by atoms with Crippen molar-refractivity contribution in [2.24, 2.45) is 0 Å². The van der Waals surface area contributed by atoms with Gasteiger partial charge in [0.25, 0.3) is 0 Å². The summed E-state index contributed by atoms with van der Waals surface area (Å²) in [5.74, 6) is 0.104. The fourth-order valence-corrected chi connectivity index (χ4v) is 4.01. The Kier molecular flexibility index (Phi) is 3.85. The van der Waals surface area contributed by atoms with Crippen LogP contribution in [0.25, 0.3) is 11.4 Å². The van der Waals surface area contributed by atoms with Crippen LogP contribution in [0.15, 0.2) is 5.38 Å². The lowest BCUT2D eigenvalue weighted by atomic mass is 10.1. The van der Waals surface area contributed by atoms with Crippen molar-refractivity contribution in [3.8, 4) is 11.4 Å². The van der Waals surface area contributed by atoms with Crippen LogP contribution >= 0.6 is 11.3 Å². The van der Waals surface area contributed by atoms with Gasteiger partial charge in [0, 0.05) is 22.7 Å². The number of thiazole rings is 1. The van der Waals surface area contributed by atoms with E-state index in [0.29, 0.717) is 6.04 Å². The van der Waals surface area contributed by atoms with E-state index in [-0.39, 0.29) is 5.78 Å². The first-order chi connectivity index (χ1) is 10.1. The Morgan fingerprint density at radius 3 is 2.71 bits per heavy atom. The Labute approximate surface area is 129 Å². The number of aromatic nitrogens is 2. The molecule has 0 atom stereocenters. The highest BCUT2D eigenvalue weighted by Gasteiger charge is 2.19. The number of hydrogen-bond donors (Lipinski definition) is 2. The van der Waals surface area contributed by atoms with Gasteiger partial charge in [-0.25, -0.2) is 4.98 Å². The van der Waals surface area contributed by atoms with Crippen LogP contribution in [0, 0.1) is 13.8 Å². The molecule has 2 N–H and O–H groups in total. The van der Waals surface area contributed by atoms with Crippen LogP contribution in [0.1, 0.15) is 54.2 Å². The van der Waals surface area contributed by atoms with Crippen molar-refractivity contribution in [2.45, 2.75) is 52.5 Å². The predicted octanol–water partition coefficient (Wildman–Crippen LogP) is 4.31. The molecule has 0 saturated heterocycles.